The number of rotatable bonds is 3. The van der Waals surface area contributed by atoms with Gasteiger partial charge in [-0.15, -0.1) is 0 Å². The molecule has 2 aliphatic carbocycles. The molecular formula is C65H78BN3. The molecule has 2 unspecified atom stereocenters. The lowest BCUT2D eigenvalue weighted by Gasteiger charge is -2.49. The zero-order chi connectivity index (χ0) is 49.0. The van der Waals surface area contributed by atoms with E-state index in [2.05, 4.69) is 234 Å². The first-order valence-corrected chi connectivity index (χ1v) is 26.6. The average molecular weight is 912 g/mol. The summed E-state index contributed by atoms with van der Waals surface area (Å²) in [6.45, 7) is 36.5. The molecule has 0 aromatic heterocycles. The maximum atomic E-state index is 2.86. The molecule has 69 heavy (non-hydrogen) atoms. The fraction of sp³-hybridized carbons (Fsp3) is 0.446. The minimum Gasteiger partial charge on any atom is -0.334 e. The van der Waals surface area contributed by atoms with E-state index >= 15 is 0 Å². The van der Waals surface area contributed by atoms with Crippen LogP contribution in [0.1, 0.15) is 182 Å². The summed E-state index contributed by atoms with van der Waals surface area (Å²) in [7, 11) is 0. The molecule has 1 fully saturated rings. The van der Waals surface area contributed by atoms with Gasteiger partial charge in [-0.3, -0.25) is 0 Å². The summed E-state index contributed by atoms with van der Waals surface area (Å²) in [5, 5.41) is 0. The van der Waals surface area contributed by atoms with Crippen molar-refractivity contribution in [1.29, 1.82) is 0 Å². The van der Waals surface area contributed by atoms with Gasteiger partial charge in [0.1, 0.15) is 0 Å². The summed E-state index contributed by atoms with van der Waals surface area (Å²) >= 11 is 0. The van der Waals surface area contributed by atoms with Gasteiger partial charge in [-0.1, -0.05) is 177 Å². The van der Waals surface area contributed by atoms with Crippen LogP contribution in [-0.2, 0) is 32.5 Å². The summed E-state index contributed by atoms with van der Waals surface area (Å²) in [5.74, 6) is 0. The molecule has 0 amide bonds. The van der Waals surface area contributed by atoms with Crippen LogP contribution in [0.3, 0.4) is 0 Å². The predicted molar refractivity (Wildman–Crippen MR) is 299 cm³/mol. The summed E-state index contributed by atoms with van der Waals surface area (Å²) in [6, 6.07) is 46.5. The van der Waals surface area contributed by atoms with E-state index in [1.54, 1.807) is 0 Å². The largest absolute Gasteiger partial charge is 0.334 e. The van der Waals surface area contributed by atoms with E-state index in [9.17, 15) is 0 Å². The van der Waals surface area contributed by atoms with Crippen molar-refractivity contribution in [3.05, 3.63) is 149 Å². The number of nitrogens with zero attached hydrogens (tertiary/aromatic N) is 3. The fourth-order valence-corrected chi connectivity index (χ4v) is 13.7. The van der Waals surface area contributed by atoms with Gasteiger partial charge in [0.2, 0.25) is 0 Å². The Hall–Kier alpha value is -5.22. The SMILES string of the molecule is CC(C)(C)c1cccc(N2c3cc(C(C)(C)C)ccc3B3c4cc5c(cc4N(c4ccccc4)c4cc(N6c7ccc(C(C)(C)C)cc7C7(C)CCCCCC67C)cc2c43)C(C)(C)CCC5(C)C)c1. The van der Waals surface area contributed by atoms with Crippen molar-refractivity contribution < 1.29 is 0 Å². The monoisotopic (exact) mass is 912 g/mol. The second-order valence-electron chi connectivity index (χ2n) is 26.9. The third-order valence-electron chi connectivity index (χ3n) is 18.4. The van der Waals surface area contributed by atoms with Gasteiger partial charge >= 0.3 is 0 Å². The number of benzene rings is 6. The molecule has 0 saturated heterocycles. The van der Waals surface area contributed by atoms with Crippen LogP contribution >= 0.6 is 0 Å². The Balaban J connectivity index is 1.30. The fourth-order valence-electron chi connectivity index (χ4n) is 13.7. The van der Waals surface area contributed by atoms with Gasteiger partial charge in [-0.05, 0) is 164 Å². The van der Waals surface area contributed by atoms with Crippen LogP contribution in [0, 0.1) is 0 Å². The third kappa shape index (κ3) is 6.94. The Kier molecular flexibility index (Phi) is 10.1. The number of hydrogen-bond acceptors (Lipinski definition) is 3. The molecule has 0 radical (unpaired) electrons. The highest BCUT2D eigenvalue weighted by molar-refractivity contribution is 7.00. The molecule has 3 heterocycles. The minimum atomic E-state index is -0.134. The van der Waals surface area contributed by atoms with Crippen LogP contribution < -0.4 is 31.1 Å². The number of fused-ring (bicyclic) bond motifs is 8. The summed E-state index contributed by atoms with van der Waals surface area (Å²) in [5.41, 5.74) is 23.2. The summed E-state index contributed by atoms with van der Waals surface area (Å²) in [4.78, 5) is 8.22. The zero-order valence-electron chi connectivity index (χ0n) is 44.8. The molecule has 0 spiro atoms. The van der Waals surface area contributed by atoms with Gasteiger partial charge in [-0.25, -0.2) is 0 Å². The minimum absolute atomic E-state index is 0.0157. The van der Waals surface area contributed by atoms with Crippen molar-refractivity contribution >= 4 is 68.6 Å². The van der Waals surface area contributed by atoms with Crippen LogP contribution in [0.4, 0.5) is 45.5 Å². The quantitative estimate of drug-likeness (QED) is 0.164. The lowest BCUT2D eigenvalue weighted by molar-refractivity contribution is 0.261. The van der Waals surface area contributed by atoms with Gasteiger partial charge in [-0.2, -0.15) is 0 Å². The molecule has 356 valence electrons. The lowest BCUT2D eigenvalue weighted by atomic mass is 9.33. The van der Waals surface area contributed by atoms with Crippen molar-refractivity contribution in [3.63, 3.8) is 0 Å². The highest BCUT2D eigenvalue weighted by Crippen LogP contribution is 2.62. The normalized spacial score (nSPS) is 22.2. The van der Waals surface area contributed by atoms with Crippen molar-refractivity contribution in [3.8, 4) is 0 Å². The molecule has 6 aromatic rings. The van der Waals surface area contributed by atoms with Gasteiger partial charge < -0.3 is 14.7 Å². The van der Waals surface area contributed by atoms with E-state index in [0.717, 1.165) is 6.42 Å². The van der Waals surface area contributed by atoms with Gasteiger partial charge in [0.25, 0.3) is 6.71 Å². The zero-order valence-corrected chi connectivity index (χ0v) is 44.8. The molecule has 5 aliphatic rings. The van der Waals surface area contributed by atoms with Crippen LogP contribution in [-0.4, -0.2) is 12.3 Å². The second-order valence-corrected chi connectivity index (χ2v) is 26.9. The Labute approximate surface area is 416 Å². The topological polar surface area (TPSA) is 9.72 Å². The number of anilines is 8. The molecule has 11 rings (SSSR count). The first-order chi connectivity index (χ1) is 32.3. The van der Waals surface area contributed by atoms with Crippen LogP contribution in [0.15, 0.2) is 115 Å². The Morgan fingerprint density at radius 1 is 0.406 bits per heavy atom. The molecular weight excluding hydrogens is 834 g/mol. The second kappa shape index (κ2) is 15.1. The maximum absolute atomic E-state index is 2.86. The predicted octanol–water partition coefficient (Wildman–Crippen LogP) is 16.1. The highest BCUT2D eigenvalue weighted by atomic mass is 15.3. The van der Waals surface area contributed by atoms with E-state index in [4.69, 9.17) is 0 Å². The van der Waals surface area contributed by atoms with Gasteiger partial charge in [0, 0.05) is 50.9 Å². The standard InChI is InChI=1S/C65H78BN3/c1-59(2,3)42-23-22-26-46(35-42)68-54-37-44(61(7,8)9)27-29-51(54)66-52-40-48-49(63(12,13)34-33-62(48,10)11)41-55(52)67(45-24-18-16-19-25-45)56-38-47(39-57(68)58(56)66)69-53-30-28-43(60(4,5)6)36-50(53)64(14)31-20-17-21-32-65(64,69)15/h16,18-19,22-30,35-41H,17,20-21,31-34H2,1-15H3. The Morgan fingerprint density at radius 2 is 0.957 bits per heavy atom. The van der Waals surface area contributed by atoms with Crippen LogP contribution in [0.25, 0.3) is 0 Å². The molecule has 4 heteroatoms. The smallest absolute Gasteiger partial charge is 0.252 e. The first-order valence-electron chi connectivity index (χ1n) is 26.6. The van der Waals surface area contributed by atoms with E-state index in [1.165, 1.54) is 134 Å². The molecule has 2 atom stereocenters. The first kappa shape index (κ1) is 46.2. The molecule has 3 aliphatic heterocycles. The van der Waals surface area contributed by atoms with Crippen LogP contribution in [0.2, 0.25) is 0 Å². The Bertz CT molecular complexity index is 3040. The van der Waals surface area contributed by atoms with E-state index in [1.807, 2.05) is 0 Å². The van der Waals surface area contributed by atoms with Crippen molar-refractivity contribution in [2.24, 2.45) is 0 Å². The Morgan fingerprint density at radius 3 is 1.61 bits per heavy atom. The van der Waals surface area contributed by atoms with Crippen LogP contribution in [0.5, 0.6) is 0 Å². The van der Waals surface area contributed by atoms with Crippen molar-refractivity contribution in [2.45, 2.75) is 187 Å². The summed E-state index contributed by atoms with van der Waals surface area (Å²) in [6.07, 6.45) is 8.47. The van der Waals surface area contributed by atoms with E-state index in [-0.39, 0.29) is 44.7 Å². The lowest BCUT2D eigenvalue weighted by Crippen LogP contribution is -2.62. The van der Waals surface area contributed by atoms with E-state index in [0.29, 0.717) is 0 Å². The molecule has 0 bridgehead atoms. The molecule has 0 N–H and O–H groups in total. The number of para-hydroxylation sites is 1. The highest BCUT2D eigenvalue weighted by Gasteiger charge is 2.58. The summed E-state index contributed by atoms with van der Waals surface area (Å²) < 4.78 is 0. The molecule has 3 nitrogen and oxygen atoms in total. The third-order valence-corrected chi connectivity index (χ3v) is 18.4. The molecule has 1 saturated carbocycles. The van der Waals surface area contributed by atoms with Gasteiger partial charge in [0.15, 0.2) is 0 Å². The van der Waals surface area contributed by atoms with Crippen molar-refractivity contribution in [1.82, 2.24) is 0 Å². The number of hydrogen-bond donors (Lipinski definition) is 0. The average Bonchev–Trinajstić information content (AvgIpc) is 3.35. The molecule has 6 aromatic carbocycles. The van der Waals surface area contributed by atoms with Crippen molar-refractivity contribution in [2.75, 3.05) is 14.7 Å². The maximum Gasteiger partial charge on any atom is 0.252 e. The van der Waals surface area contributed by atoms with Gasteiger partial charge in [0.05, 0.1) is 5.54 Å². The van der Waals surface area contributed by atoms with E-state index < -0.39 is 0 Å².